The van der Waals surface area contributed by atoms with E-state index in [1.54, 1.807) is 19.2 Å². The van der Waals surface area contributed by atoms with Crippen LogP contribution in [0.4, 0.5) is 10.1 Å². The van der Waals surface area contributed by atoms with Gasteiger partial charge < -0.3 is 9.64 Å². The van der Waals surface area contributed by atoms with E-state index in [1.165, 1.54) is 22.4 Å². The number of benzene rings is 4. The number of rotatable bonds is 6. The summed E-state index contributed by atoms with van der Waals surface area (Å²) in [6.07, 6.45) is 1.90. The number of para-hydroxylation sites is 1. The number of ether oxygens (including phenoxy) is 1. The monoisotopic (exact) mass is 451 g/mol. The summed E-state index contributed by atoms with van der Waals surface area (Å²) in [5, 5.41) is 0. The van der Waals surface area contributed by atoms with E-state index in [4.69, 9.17) is 4.74 Å². The number of fused-ring (bicyclic) bond motifs is 1. The maximum atomic E-state index is 13.8. The fourth-order valence-electron chi connectivity index (χ4n) is 5.37. The van der Waals surface area contributed by atoms with Crippen molar-refractivity contribution in [1.29, 1.82) is 0 Å². The SMILES string of the molecule is COc1ccc(CN2c3ccccc3[C@](C)(Cc3ccccc3)C[C@H]2c2ccc(F)cc2)cc1. The van der Waals surface area contributed by atoms with E-state index in [0.29, 0.717) is 0 Å². The van der Waals surface area contributed by atoms with Crippen LogP contribution in [0.1, 0.15) is 41.6 Å². The van der Waals surface area contributed by atoms with Gasteiger partial charge >= 0.3 is 0 Å². The summed E-state index contributed by atoms with van der Waals surface area (Å²) in [7, 11) is 1.69. The number of nitrogens with zero attached hydrogens (tertiary/aromatic N) is 1. The molecule has 0 saturated heterocycles. The molecule has 0 amide bonds. The van der Waals surface area contributed by atoms with E-state index in [9.17, 15) is 4.39 Å². The highest BCUT2D eigenvalue weighted by atomic mass is 19.1. The molecule has 172 valence electrons. The molecule has 2 atom stereocenters. The van der Waals surface area contributed by atoms with Crippen molar-refractivity contribution in [3.8, 4) is 5.75 Å². The van der Waals surface area contributed by atoms with Crippen molar-refractivity contribution in [3.63, 3.8) is 0 Å². The fraction of sp³-hybridized carbons (Fsp3) is 0.226. The molecule has 4 aromatic rings. The molecule has 0 bridgehead atoms. The van der Waals surface area contributed by atoms with Crippen molar-refractivity contribution in [3.05, 3.63) is 131 Å². The van der Waals surface area contributed by atoms with Gasteiger partial charge in [-0.15, -0.1) is 0 Å². The molecule has 0 N–H and O–H groups in total. The second kappa shape index (κ2) is 9.34. The van der Waals surface area contributed by atoms with Crippen LogP contribution in [-0.4, -0.2) is 7.11 Å². The van der Waals surface area contributed by atoms with Crippen molar-refractivity contribution >= 4 is 5.69 Å². The first-order chi connectivity index (χ1) is 16.6. The number of hydrogen-bond acceptors (Lipinski definition) is 2. The maximum Gasteiger partial charge on any atom is 0.123 e. The Morgan fingerprint density at radius 3 is 2.21 bits per heavy atom. The van der Waals surface area contributed by atoms with Crippen LogP contribution in [0, 0.1) is 5.82 Å². The molecule has 0 unspecified atom stereocenters. The summed E-state index contributed by atoms with van der Waals surface area (Å²) < 4.78 is 19.2. The molecule has 0 radical (unpaired) electrons. The van der Waals surface area contributed by atoms with E-state index in [2.05, 4.69) is 78.6 Å². The van der Waals surface area contributed by atoms with Gasteiger partial charge in [-0.25, -0.2) is 4.39 Å². The van der Waals surface area contributed by atoms with Crippen LogP contribution in [0.5, 0.6) is 5.75 Å². The molecule has 34 heavy (non-hydrogen) atoms. The van der Waals surface area contributed by atoms with Crippen molar-refractivity contribution in [2.24, 2.45) is 0 Å². The Labute approximate surface area is 201 Å². The van der Waals surface area contributed by atoms with Gasteiger partial charge in [0.1, 0.15) is 11.6 Å². The van der Waals surface area contributed by atoms with Gasteiger partial charge in [-0.2, -0.15) is 0 Å². The summed E-state index contributed by atoms with van der Waals surface area (Å²) in [6, 6.07) is 34.9. The van der Waals surface area contributed by atoms with E-state index in [1.807, 2.05) is 24.3 Å². The average Bonchev–Trinajstić information content (AvgIpc) is 2.87. The zero-order chi connectivity index (χ0) is 23.5. The molecule has 2 nitrogen and oxygen atoms in total. The Morgan fingerprint density at radius 1 is 0.824 bits per heavy atom. The quantitative estimate of drug-likeness (QED) is 0.301. The second-order valence-corrected chi connectivity index (χ2v) is 9.49. The smallest absolute Gasteiger partial charge is 0.123 e. The summed E-state index contributed by atoms with van der Waals surface area (Å²) in [4.78, 5) is 2.48. The van der Waals surface area contributed by atoms with Gasteiger partial charge in [0, 0.05) is 17.6 Å². The molecule has 1 aliphatic heterocycles. The van der Waals surface area contributed by atoms with Gasteiger partial charge in [0.2, 0.25) is 0 Å². The van der Waals surface area contributed by atoms with Crippen LogP contribution in [0.2, 0.25) is 0 Å². The molecular weight excluding hydrogens is 421 g/mol. The van der Waals surface area contributed by atoms with E-state index in [0.717, 1.165) is 30.7 Å². The van der Waals surface area contributed by atoms with Gasteiger partial charge in [-0.3, -0.25) is 0 Å². The highest BCUT2D eigenvalue weighted by Gasteiger charge is 2.41. The van der Waals surface area contributed by atoms with Crippen LogP contribution >= 0.6 is 0 Å². The third-order valence-electron chi connectivity index (χ3n) is 7.09. The second-order valence-electron chi connectivity index (χ2n) is 9.49. The lowest BCUT2D eigenvalue weighted by molar-refractivity contribution is 0.353. The van der Waals surface area contributed by atoms with Crippen LogP contribution in [-0.2, 0) is 18.4 Å². The summed E-state index contributed by atoms with van der Waals surface area (Å²) in [6.45, 7) is 3.14. The van der Waals surface area contributed by atoms with Gasteiger partial charge in [0.05, 0.1) is 13.2 Å². The van der Waals surface area contributed by atoms with Crippen LogP contribution in [0.15, 0.2) is 103 Å². The van der Waals surface area contributed by atoms with Gasteiger partial charge in [0.25, 0.3) is 0 Å². The van der Waals surface area contributed by atoms with E-state index >= 15 is 0 Å². The lowest BCUT2D eigenvalue weighted by Crippen LogP contribution is -2.42. The first kappa shape index (κ1) is 22.2. The Morgan fingerprint density at radius 2 is 1.50 bits per heavy atom. The largest absolute Gasteiger partial charge is 0.497 e. The van der Waals surface area contributed by atoms with Crippen LogP contribution in [0.25, 0.3) is 0 Å². The molecule has 3 heteroatoms. The van der Waals surface area contributed by atoms with Crippen molar-refractivity contribution in [2.75, 3.05) is 12.0 Å². The molecule has 0 fully saturated rings. The van der Waals surface area contributed by atoms with E-state index < -0.39 is 0 Å². The lowest BCUT2D eigenvalue weighted by atomic mass is 9.68. The zero-order valence-corrected chi connectivity index (χ0v) is 19.7. The molecule has 0 aliphatic carbocycles. The summed E-state index contributed by atoms with van der Waals surface area (Å²) >= 11 is 0. The van der Waals surface area contributed by atoms with Crippen molar-refractivity contribution < 1.29 is 9.13 Å². The van der Waals surface area contributed by atoms with Crippen LogP contribution < -0.4 is 9.64 Å². The first-order valence-electron chi connectivity index (χ1n) is 11.8. The average molecular weight is 452 g/mol. The topological polar surface area (TPSA) is 12.5 Å². The Balaban J connectivity index is 1.59. The molecule has 1 heterocycles. The molecule has 0 spiro atoms. The van der Waals surface area contributed by atoms with Gasteiger partial charge in [-0.1, -0.05) is 79.7 Å². The fourth-order valence-corrected chi connectivity index (χ4v) is 5.37. The third-order valence-corrected chi connectivity index (χ3v) is 7.09. The molecule has 0 aromatic heterocycles. The van der Waals surface area contributed by atoms with Crippen molar-refractivity contribution in [2.45, 2.75) is 37.8 Å². The lowest BCUT2D eigenvalue weighted by Gasteiger charge is -2.48. The van der Waals surface area contributed by atoms with Crippen LogP contribution in [0.3, 0.4) is 0 Å². The maximum absolute atomic E-state index is 13.8. The van der Waals surface area contributed by atoms with Crippen molar-refractivity contribution in [1.82, 2.24) is 0 Å². The Bertz CT molecular complexity index is 1240. The number of anilines is 1. The first-order valence-corrected chi connectivity index (χ1v) is 11.8. The third kappa shape index (κ3) is 4.43. The minimum atomic E-state index is -0.200. The highest BCUT2D eigenvalue weighted by Crippen LogP contribution is 2.50. The molecular formula is C31H30FNO. The summed E-state index contributed by atoms with van der Waals surface area (Å²) in [5.41, 5.74) is 6.26. The molecule has 0 saturated carbocycles. The number of halogens is 1. The predicted octanol–water partition coefficient (Wildman–Crippen LogP) is 7.49. The molecule has 4 aromatic carbocycles. The Kier molecular flexibility index (Phi) is 6.10. The highest BCUT2D eigenvalue weighted by molar-refractivity contribution is 5.62. The normalized spacial score (nSPS) is 19.5. The minimum Gasteiger partial charge on any atom is -0.497 e. The zero-order valence-electron chi connectivity index (χ0n) is 19.7. The summed E-state index contributed by atoms with van der Waals surface area (Å²) in [5.74, 6) is 0.655. The molecule has 5 rings (SSSR count). The van der Waals surface area contributed by atoms with Gasteiger partial charge in [-0.05, 0) is 65.4 Å². The van der Waals surface area contributed by atoms with Gasteiger partial charge in [0.15, 0.2) is 0 Å². The number of hydrogen-bond donors (Lipinski definition) is 0. The predicted molar refractivity (Wildman–Crippen MR) is 137 cm³/mol. The van der Waals surface area contributed by atoms with E-state index in [-0.39, 0.29) is 17.3 Å². The molecule has 1 aliphatic rings. The minimum absolute atomic E-state index is 0.0482. The Hall–Kier alpha value is -3.59. The standard InChI is InChI=1S/C31H30FNO/c1-31(20-23-8-4-3-5-9-23)21-30(25-14-16-26(32)17-15-25)33(29-11-7-6-10-28(29)31)22-24-12-18-27(34-2)19-13-24/h3-19,30H,20-22H2,1-2H3/t30-,31+/m0/s1. The number of methoxy groups -OCH3 is 1.